The third kappa shape index (κ3) is 4.88. The van der Waals surface area contributed by atoms with Gasteiger partial charge in [0.1, 0.15) is 11.2 Å². The molecule has 0 bridgehead atoms. The van der Waals surface area contributed by atoms with Crippen LogP contribution in [-0.2, 0) is 9.47 Å². The van der Waals surface area contributed by atoms with Crippen molar-refractivity contribution in [2.24, 2.45) is 0 Å². The molecule has 1 aromatic rings. The van der Waals surface area contributed by atoms with Gasteiger partial charge in [-0.3, -0.25) is 4.90 Å². The molecule has 10 heteroatoms. The summed E-state index contributed by atoms with van der Waals surface area (Å²) in [5, 5.41) is 8.32. The van der Waals surface area contributed by atoms with Gasteiger partial charge in [0.15, 0.2) is 11.0 Å². The van der Waals surface area contributed by atoms with Crippen molar-refractivity contribution in [3.63, 3.8) is 0 Å². The standard InChI is InChI=1S/C20H30ClN5O4/c1-12-9-25-13(10-24(12)17(27)29-19(2,3)4)11-26(18(28)30-20(5,6)7)16-14(25)8-15(21)22-23-16/h8,12-13H,9-11H2,1-7H3/t12-,13+/m0/s1. The molecule has 3 heterocycles. The first-order chi connectivity index (χ1) is 13.7. The van der Waals surface area contributed by atoms with E-state index in [0.29, 0.717) is 31.1 Å². The van der Waals surface area contributed by atoms with E-state index in [1.165, 1.54) is 4.90 Å². The smallest absolute Gasteiger partial charge is 0.416 e. The Hall–Kier alpha value is -2.29. The molecule has 1 aromatic heterocycles. The minimum atomic E-state index is -0.655. The highest BCUT2D eigenvalue weighted by Crippen LogP contribution is 2.38. The summed E-state index contributed by atoms with van der Waals surface area (Å²) in [7, 11) is 0. The number of nitrogens with zero attached hydrogens (tertiary/aromatic N) is 5. The Kier molecular flexibility index (Phi) is 5.79. The number of rotatable bonds is 0. The van der Waals surface area contributed by atoms with Crippen LogP contribution in [0.1, 0.15) is 48.5 Å². The van der Waals surface area contributed by atoms with Gasteiger partial charge in [0.25, 0.3) is 0 Å². The molecular formula is C20H30ClN5O4. The van der Waals surface area contributed by atoms with Gasteiger partial charge in [0.2, 0.25) is 0 Å². The van der Waals surface area contributed by atoms with E-state index in [4.69, 9.17) is 21.1 Å². The van der Waals surface area contributed by atoms with Crippen molar-refractivity contribution in [3.05, 3.63) is 11.2 Å². The van der Waals surface area contributed by atoms with Crippen LogP contribution in [0.4, 0.5) is 21.1 Å². The van der Waals surface area contributed by atoms with Crippen LogP contribution in [0.15, 0.2) is 6.07 Å². The fourth-order valence-corrected chi connectivity index (χ4v) is 3.74. The maximum absolute atomic E-state index is 12.9. The van der Waals surface area contributed by atoms with Gasteiger partial charge in [-0.05, 0) is 48.5 Å². The predicted octanol–water partition coefficient (Wildman–Crippen LogP) is 3.70. The molecule has 2 atom stereocenters. The van der Waals surface area contributed by atoms with Gasteiger partial charge in [-0.25, -0.2) is 9.59 Å². The Bertz CT molecular complexity index is 835. The van der Waals surface area contributed by atoms with Gasteiger partial charge >= 0.3 is 12.2 Å². The minimum absolute atomic E-state index is 0.0935. The van der Waals surface area contributed by atoms with Gasteiger partial charge in [-0.15, -0.1) is 10.2 Å². The average Bonchev–Trinajstić information content (AvgIpc) is 2.57. The number of amides is 2. The van der Waals surface area contributed by atoms with Gasteiger partial charge in [-0.2, -0.15) is 0 Å². The molecule has 2 amide bonds. The van der Waals surface area contributed by atoms with E-state index in [-0.39, 0.29) is 23.3 Å². The molecule has 9 nitrogen and oxygen atoms in total. The topological polar surface area (TPSA) is 88.1 Å². The van der Waals surface area contributed by atoms with Gasteiger partial charge in [0, 0.05) is 25.2 Å². The van der Waals surface area contributed by atoms with Crippen LogP contribution >= 0.6 is 11.6 Å². The molecule has 2 aliphatic heterocycles. The zero-order valence-electron chi connectivity index (χ0n) is 18.6. The lowest BCUT2D eigenvalue weighted by molar-refractivity contribution is 0.0124. The summed E-state index contributed by atoms with van der Waals surface area (Å²) in [6, 6.07) is 1.45. The fourth-order valence-electron chi connectivity index (χ4n) is 3.60. The van der Waals surface area contributed by atoms with Gasteiger partial charge < -0.3 is 19.3 Å². The maximum atomic E-state index is 12.9. The summed E-state index contributed by atoms with van der Waals surface area (Å²) < 4.78 is 11.1. The van der Waals surface area contributed by atoms with E-state index in [1.807, 2.05) is 48.5 Å². The van der Waals surface area contributed by atoms with E-state index >= 15 is 0 Å². The maximum Gasteiger partial charge on any atom is 0.416 e. The molecule has 2 aliphatic rings. The Labute approximate surface area is 182 Å². The van der Waals surface area contributed by atoms with Crippen LogP contribution < -0.4 is 9.80 Å². The summed E-state index contributed by atoms with van der Waals surface area (Å²) in [5.41, 5.74) is -0.538. The first-order valence-corrected chi connectivity index (χ1v) is 10.4. The molecule has 0 spiro atoms. The Balaban J connectivity index is 1.91. The number of piperazine rings is 1. The van der Waals surface area contributed by atoms with E-state index in [1.54, 1.807) is 11.0 Å². The van der Waals surface area contributed by atoms with E-state index in [0.717, 1.165) is 0 Å². The molecule has 3 rings (SSSR count). The molecule has 30 heavy (non-hydrogen) atoms. The number of carbonyl (C=O) groups excluding carboxylic acids is 2. The van der Waals surface area contributed by atoms with Crippen molar-refractivity contribution in [1.29, 1.82) is 0 Å². The lowest BCUT2D eigenvalue weighted by Crippen LogP contribution is -2.65. The van der Waals surface area contributed by atoms with Crippen molar-refractivity contribution >= 4 is 35.3 Å². The molecule has 0 aromatic carbocycles. The Morgan fingerprint density at radius 3 is 2.20 bits per heavy atom. The quantitative estimate of drug-likeness (QED) is 0.608. The van der Waals surface area contributed by atoms with Crippen molar-refractivity contribution in [2.75, 3.05) is 29.4 Å². The van der Waals surface area contributed by atoms with Gasteiger partial charge in [0.05, 0.1) is 18.3 Å². The van der Waals surface area contributed by atoms with Crippen molar-refractivity contribution < 1.29 is 19.1 Å². The number of halogens is 1. The number of hydrogen-bond donors (Lipinski definition) is 0. The molecule has 1 saturated heterocycles. The summed E-state index contributed by atoms with van der Waals surface area (Å²) in [5.74, 6) is 0.405. The van der Waals surface area contributed by atoms with E-state index in [2.05, 4.69) is 15.1 Å². The molecule has 0 N–H and O–H groups in total. The molecule has 0 saturated carbocycles. The molecule has 0 radical (unpaired) electrons. The first kappa shape index (κ1) is 22.4. The summed E-state index contributed by atoms with van der Waals surface area (Å²) >= 11 is 6.11. The number of carbonyl (C=O) groups is 2. The predicted molar refractivity (Wildman–Crippen MR) is 114 cm³/mol. The first-order valence-electron chi connectivity index (χ1n) is 10.0. The van der Waals surface area contributed by atoms with Crippen LogP contribution in [0.25, 0.3) is 0 Å². The van der Waals surface area contributed by atoms with Crippen molar-refractivity contribution in [3.8, 4) is 0 Å². The second-order valence-corrected chi connectivity index (χ2v) is 10.1. The number of hydrogen-bond acceptors (Lipinski definition) is 7. The van der Waals surface area contributed by atoms with Crippen molar-refractivity contribution in [1.82, 2.24) is 15.1 Å². The van der Waals surface area contributed by atoms with E-state index < -0.39 is 17.3 Å². The highest BCUT2D eigenvalue weighted by atomic mass is 35.5. The van der Waals surface area contributed by atoms with E-state index in [9.17, 15) is 9.59 Å². The molecular weight excluding hydrogens is 410 g/mol. The van der Waals surface area contributed by atoms with Crippen LogP contribution in [0.3, 0.4) is 0 Å². The second kappa shape index (κ2) is 7.76. The molecule has 166 valence electrons. The third-order valence-corrected chi connectivity index (χ3v) is 4.95. The molecule has 1 fully saturated rings. The second-order valence-electron chi connectivity index (χ2n) is 9.75. The summed E-state index contributed by atoms with van der Waals surface area (Å²) in [6.07, 6.45) is -0.877. The normalized spacial score (nSPS) is 21.7. The van der Waals surface area contributed by atoms with Crippen LogP contribution in [0, 0.1) is 0 Å². The van der Waals surface area contributed by atoms with Crippen LogP contribution in [0.5, 0.6) is 0 Å². The monoisotopic (exact) mass is 439 g/mol. The number of fused-ring (bicyclic) bond motifs is 3. The number of ether oxygens (including phenoxy) is 2. The average molecular weight is 440 g/mol. The van der Waals surface area contributed by atoms with Gasteiger partial charge in [-0.1, -0.05) is 11.6 Å². The number of aromatic nitrogens is 2. The fraction of sp³-hybridized carbons (Fsp3) is 0.700. The van der Waals surface area contributed by atoms with Crippen LogP contribution in [0.2, 0.25) is 5.15 Å². The largest absolute Gasteiger partial charge is 0.444 e. The minimum Gasteiger partial charge on any atom is -0.444 e. The van der Waals surface area contributed by atoms with Crippen LogP contribution in [-0.4, -0.2) is 70.2 Å². The highest BCUT2D eigenvalue weighted by molar-refractivity contribution is 6.29. The molecule has 0 aliphatic carbocycles. The summed E-state index contributed by atoms with van der Waals surface area (Å²) in [6.45, 7) is 14.2. The zero-order chi connectivity index (χ0) is 22.4. The lowest BCUT2D eigenvalue weighted by atomic mass is 10.0. The zero-order valence-corrected chi connectivity index (χ0v) is 19.4. The van der Waals surface area contributed by atoms with Crippen molar-refractivity contribution in [2.45, 2.75) is 71.8 Å². The lowest BCUT2D eigenvalue weighted by Gasteiger charge is -2.50. The summed E-state index contributed by atoms with van der Waals surface area (Å²) in [4.78, 5) is 30.9. The third-order valence-electron chi connectivity index (χ3n) is 4.77. The number of anilines is 2. The molecule has 0 unspecified atom stereocenters. The highest BCUT2D eigenvalue weighted by Gasteiger charge is 2.43. The Morgan fingerprint density at radius 1 is 1.00 bits per heavy atom. The Morgan fingerprint density at radius 2 is 1.60 bits per heavy atom. The SMILES string of the molecule is C[C@H]1CN2c3cc(Cl)nnc3N(C(=O)OC(C)(C)C)C[C@H]2CN1C(=O)OC(C)(C)C.